The standard InChI is InChI=1S/C16H22N2O2S2/c1-12(11-22(2,19)20)10-18-9-5-7-14(18)16-17-13-6-3-4-8-15(13)21-16/h3-4,6,8,12,14H,5,7,9-11H2,1-2H3. The van der Waals surface area contributed by atoms with Gasteiger partial charge in [0.15, 0.2) is 0 Å². The van der Waals surface area contributed by atoms with E-state index in [2.05, 4.69) is 17.0 Å². The van der Waals surface area contributed by atoms with Crippen molar-refractivity contribution in [2.24, 2.45) is 5.92 Å². The molecule has 22 heavy (non-hydrogen) atoms. The number of thiazole rings is 1. The van der Waals surface area contributed by atoms with Crippen LogP contribution >= 0.6 is 11.3 Å². The molecule has 2 unspecified atom stereocenters. The maximum Gasteiger partial charge on any atom is 0.147 e. The summed E-state index contributed by atoms with van der Waals surface area (Å²) in [5.74, 6) is 0.417. The molecule has 0 N–H and O–H groups in total. The van der Waals surface area contributed by atoms with E-state index in [1.807, 2.05) is 19.1 Å². The smallest absolute Gasteiger partial charge is 0.147 e. The lowest BCUT2D eigenvalue weighted by molar-refractivity contribution is 0.229. The van der Waals surface area contributed by atoms with Crippen LogP contribution in [0.2, 0.25) is 0 Å². The normalized spacial score (nSPS) is 21.5. The maximum atomic E-state index is 11.5. The average molecular weight is 338 g/mol. The van der Waals surface area contributed by atoms with Crippen molar-refractivity contribution in [1.82, 2.24) is 9.88 Å². The highest BCUT2D eigenvalue weighted by Gasteiger charge is 2.30. The van der Waals surface area contributed by atoms with Gasteiger partial charge in [0.1, 0.15) is 14.8 Å². The molecule has 0 saturated carbocycles. The van der Waals surface area contributed by atoms with E-state index in [4.69, 9.17) is 4.98 Å². The van der Waals surface area contributed by atoms with Gasteiger partial charge in [-0.15, -0.1) is 11.3 Å². The first kappa shape index (κ1) is 15.9. The molecule has 2 heterocycles. The number of likely N-dealkylation sites (tertiary alicyclic amines) is 1. The molecule has 3 rings (SSSR count). The first-order valence-electron chi connectivity index (χ1n) is 7.69. The number of fused-ring (bicyclic) bond motifs is 1. The Morgan fingerprint density at radius 3 is 2.91 bits per heavy atom. The summed E-state index contributed by atoms with van der Waals surface area (Å²) in [6.45, 7) is 3.89. The Hall–Kier alpha value is -0.980. The maximum absolute atomic E-state index is 11.5. The van der Waals surface area contributed by atoms with Crippen molar-refractivity contribution in [1.29, 1.82) is 0 Å². The fourth-order valence-electron chi connectivity index (χ4n) is 3.33. The third-order valence-corrected chi connectivity index (χ3v) is 6.40. The second kappa shape index (κ2) is 6.26. The van der Waals surface area contributed by atoms with Crippen molar-refractivity contribution in [3.63, 3.8) is 0 Å². The van der Waals surface area contributed by atoms with E-state index in [1.165, 1.54) is 16.0 Å². The molecule has 1 fully saturated rings. The van der Waals surface area contributed by atoms with Crippen LogP contribution in [0.4, 0.5) is 0 Å². The molecule has 1 aliphatic heterocycles. The summed E-state index contributed by atoms with van der Waals surface area (Å²) in [6.07, 6.45) is 3.59. The molecule has 1 aliphatic rings. The first-order valence-corrected chi connectivity index (χ1v) is 10.6. The Bertz CT molecular complexity index is 721. The van der Waals surface area contributed by atoms with Gasteiger partial charge in [0.05, 0.1) is 22.0 Å². The minimum atomic E-state index is -2.91. The van der Waals surface area contributed by atoms with Gasteiger partial charge in [-0.25, -0.2) is 13.4 Å². The highest BCUT2D eigenvalue weighted by atomic mass is 32.2. The summed E-state index contributed by atoms with van der Waals surface area (Å²) in [6, 6.07) is 8.58. The molecule has 0 bridgehead atoms. The molecule has 0 spiro atoms. The van der Waals surface area contributed by atoms with E-state index in [1.54, 1.807) is 11.3 Å². The summed E-state index contributed by atoms with van der Waals surface area (Å²) in [4.78, 5) is 7.20. The average Bonchev–Trinajstić information content (AvgIpc) is 3.01. The molecular formula is C16H22N2O2S2. The summed E-state index contributed by atoms with van der Waals surface area (Å²) in [5, 5.41) is 1.17. The summed E-state index contributed by atoms with van der Waals surface area (Å²) >= 11 is 1.77. The Labute approximate surface area is 136 Å². The van der Waals surface area contributed by atoms with Gasteiger partial charge < -0.3 is 0 Å². The molecular weight excluding hydrogens is 316 g/mol. The van der Waals surface area contributed by atoms with Gasteiger partial charge in [-0.3, -0.25) is 4.90 Å². The van der Waals surface area contributed by atoms with Crippen molar-refractivity contribution in [3.05, 3.63) is 29.3 Å². The number of nitrogens with zero attached hydrogens (tertiary/aromatic N) is 2. The van der Waals surface area contributed by atoms with Crippen LogP contribution in [0.3, 0.4) is 0 Å². The lowest BCUT2D eigenvalue weighted by Gasteiger charge is -2.25. The largest absolute Gasteiger partial charge is 0.294 e. The topological polar surface area (TPSA) is 50.3 Å². The zero-order chi connectivity index (χ0) is 15.7. The SMILES string of the molecule is CC(CN1CCCC1c1nc2ccccc2s1)CS(C)(=O)=O. The van der Waals surface area contributed by atoms with Crippen LogP contribution in [0.15, 0.2) is 24.3 Å². The van der Waals surface area contributed by atoms with E-state index >= 15 is 0 Å². The van der Waals surface area contributed by atoms with Gasteiger partial charge in [0.2, 0.25) is 0 Å². The van der Waals surface area contributed by atoms with E-state index in [-0.39, 0.29) is 11.7 Å². The van der Waals surface area contributed by atoms with Crippen LogP contribution in [-0.2, 0) is 9.84 Å². The molecule has 1 saturated heterocycles. The quantitative estimate of drug-likeness (QED) is 0.840. The predicted octanol–water partition coefficient (Wildman–Crippen LogP) is 3.11. The van der Waals surface area contributed by atoms with Crippen LogP contribution < -0.4 is 0 Å². The lowest BCUT2D eigenvalue weighted by Crippen LogP contribution is -2.31. The highest BCUT2D eigenvalue weighted by molar-refractivity contribution is 7.90. The van der Waals surface area contributed by atoms with E-state index in [9.17, 15) is 8.42 Å². The Balaban J connectivity index is 1.75. The van der Waals surface area contributed by atoms with Crippen LogP contribution in [0.1, 0.15) is 30.8 Å². The van der Waals surface area contributed by atoms with E-state index in [0.717, 1.165) is 31.4 Å². The second-order valence-corrected chi connectivity index (χ2v) is 9.62. The minimum absolute atomic E-state index is 0.157. The number of benzene rings is 1. The molecule has 1 aromatic carbocycles. The second-order valence-electron chi connectivity index (χ2n) is 6.37. The lowest BCUT2D eigenvalue weighted by atomic mass is 10.2. The number of aromatic nitrogens is 1. The third-order valence-electron chi connectivity index (χ3n) is 4.09. The van der Waals surface area contributed by atoms with Crippen LogP contribution in [0.25, 0.3) is 10.2 Å². The molecule has 0 radical (unpaired) electrons. The van der Waals surface area contributed by atoms with Crippen molar-refractivity contribution >= 4 is 31.4 Å². The molecule has 2 atom stereocenters. The van der Waals surface area contributed by atoms with E-state index < -0.39 is 9.84 Å². The van der Waals surface area contributed by atoms with Gasteiger partial charge in [-0.1, -0.05) is 19.1 Å². The van der Waals surface area contributed by atoms with Gasteiger partial charge in [-0.2, -0.15) is 0 Å². The summed E-state index contributed by atoms with van der Waals surface area (Å²) in [5.41, 5.74) is 1.07. The minimum Gasteiger partial charge on any atom is -0.294 e. The number of hydrogen-bond donors (Lipinski definition) is 0. The third kappa shape index (κ3) is 3.67. The van der Waals surface area contributed by atoms with Gasteiger partial charge >= 0.3 is 0 Å². The van der Waals surface area contributed by atoms with Crippen LogP contribution in [0, 0.1) is 5.92 Å². The number of para-hydroxylation sites is 1. The fourth-order valence-corrected chi connectivity index (χ4v) is 5.60. The molecule has 6 heteroatoms. The summed E-state index contributed by atoms with van der Waals surface area (Å²) < 4.78 is 24.1. The van der Waals surface area contributed by atoms with Crippen LogP contribution in [-0.4, -0.2) is 43.4 Å². The van der Waals surface area contributed by atoms with Crippen LogP contribution in [0.5, 0.6) is 0 Å². The highest BCUT2D eigenvalue weighted by Crippen LogP contribution is 2.36. The van der Waals surface area contributed by atoms with Crippen molar-refractivity contribution in [2.45, 2.75) is 25.8 Å². The molecule has 4 nitrogen and oxygen atoms in total. The van der Waals surface area contributed by atoms with Crippen molar-refractivity contribution < 1.29 is 8.42 Å². The Morgan fingerprint density at radius 1 is 1.41 bits per heavy atom. The summed E-state index contributed by atoms with van der Waals surface area (Å²) in [7, 11) is -2.91. The number of rotatable bonds is 5. The van der Waals surface area contributed by atoms with Crippen molar-refractivity contribution in [3.8, 4) is 0 Å². The zero-order valence-corrected chi connectivity index (χ0v) is 14.7. The Morgan fingerprint density at radius 2 is 2.18 bits per heavy atom. The van der Waals surface area contributed by atoms with Gasteiger partial charge in [0, 0.05) is 12.8 Å². The predicted molar refractivity (Wildman–Crippen MR) is 92.0 cm³/mol. The monoisotopic (exact) mass is 338 g/mol. The zero-order valence-electron chi connectivity index (χ0n) is 13.0. The van der Waals surface area contributed by atoms with Crippen molar-refractivity contribution in [2.75, 3.05) is 25.1 Å². The fraction of sp³-hybridized carbons (Fsp3) is 0.562. The van der Waals surface area contributed by atoms with E-state index in [0.29, 0.717) is 6.04 Å². The molecule has 0 aliphatic carbocycles. The Kier molecular flexibility index (Phi) is 4.52. The van der Waals surface area contributed by atoms with Gasteiger partial charge in [0.25, 0.3) is 0 Å². The number of hydrogen-bond acceptors (Lipinski definition) is 5. The van der Waals surface area contributed by atoms with Gasteiger partial charge in [-0.05, 0) is 37.4 Å². The molecule has 0 amide bonds. The number of sulfone groups is 1. The first-order chi connectivity index (χ1) is 10.4. The molecule has 2 aromatic rings. The molecule has 120 valence electrons. The molecule has 1 aromatic heterocycles.